The lowest BCUT2D eigenvalue weighted by Gasteiger charge is -2.24. The fourth-order valence-corrected chi connectivity index (χ4v) is 7.82. The second kappa shape index (κ2) is 10.9. The van der Waals surface area contributed by atoms with E-state index in [2.05, 4.69) is 24.1 Å². The monoisotopic (exact) mass is 591 g/mol. The molecule has 42 heavy (non-hydrogen) atoms. The largest absolute Gasteiger partial charge is 0.380 e. The number of carbonyl (C=O) groups excluding carboxylic acids is 1. The summed E-state index contributed by atoms with van der Waals surface area (Å²) in [5, 5.41) is 6.73. The normalized spacial score (nSPS) is 20.9. The van der Waals surface area contributed by atoms with Gasteiger partial charge in [-0.2, -0.15) is 12.5 Å². The van der Waals surface area contributed by atoms with E-state index in [1.54, 1.807) is 32.2 Å². The Morgan fingerprint density at radius 1 is 1.19 bits per heavy atom. The molecule has 11 heteroatoms. The maximum atomic E-state index is 13.8. The molecule has 1 aliphatic carbocycles. The van der Waals surface area contributed by atoms with Gasteiger partial charge in [0.05, 0.1) is 18.0 Å². The van der Waals surface area contributed by atoms with Crippen LogP contribution in [0.2, 0.25) is 0 Å². The van der Waals surface area contributed by atoms with Crippen molar-refractivity contribution in [1.82, 2.24) is 19.2 Å². The van der Waals surface area contributed by atoms with E-state index in [1.165, 1.54) is 0 Å². The Labute approximate surface area is 245 Å². The van der Waals surface area contributed by atoms with Crippen LogP contribution >= 0.6 is 0 Å². The van der Waals surface area contributed by atoms with E-state index in [9.17, 15) is 13.2 Å². The molecule has 1 fully saturated rings. The van der Waals surface area contributed by atoms with Gasteiger partial charge in [-0.1, -0.05) is 61.8 Å². The van der Waals surface area contributed by atoms with Gasteiger partial charge in [-0.15, -0.1) is 0 Å². The van der Waals surface area contributed by atoms with Crippen molar-refractivity contribution >= 4 is 32.9 Å². The molecule has 6 rings (SSSR count). The van der Waals surface area contributed by atoms with Gasteiger partial charge in [0.1, 0.15) is 16.9 Å². The molecule has 2 aliphatic rings. The maximum Gasteiger partial charge on any atom is 0.284 e. The van der Waals surface area contributed by atoms with Gasteiger partial charge in [-0.05, 0) is 61.3 Å². The molecular formula is C31H37N5O5S. The van der Waals surface area contributed by atoms with E-state index in [0.717, 1.165) is 65.1 Å². The number of aromatic amines is 1. The van der Waals surface area contributed by atoms with Crippen molar-refractivity contribution in [3.63, 3.8) is 0 Å². The average molecular weight is 592 g/mol. The van der Waals surface area contributed by atoms with Crippen LogP contribution in [0.1, 0.15) is 69.3 Å². The number of rotatable bonds is 10. The predicted molar refractivity (Wildman–Crippen MR) is 160 cm³/mol. The average Bonchev–Trinajstić information content (AvgIpc) is 3.55. The zero-order valence-electron chi connectivity index (χ0n) is 24.5. The van der Waals surface area contributed by atoms with E-state index in [0.29, 0.717) is 29.3 Å². The third-order valence-electron chi connectivity index (χ3n) is 8.54. The molecule has 1 N–H and O–H groups in total. The third kappa shape index (κ3) is 4.68. The van der Waals surface area contributed by atoms with Gasteiger partial charge in [0.25, 0.3) is 15.9 Å². The number of benzene rings is 2. The van der Waals surface area contributed by atoms with Crippen LogP contribution in [0.4, 0.5) is 0 Å². The van der Waals surface area contributed by atoms with Crippen LogP contribution in [-0.2, 0) is 32.7 Å². The molecule has 10 nitrogen and oxygen atoms in total. The van der Waals surface area contributed by atoms with E-state index in [4.69, 9.17) is 14.3 Å². The number of H-pyrrole nitrogens is 1. The number of aliphatic imine (C=N–C) groups is 1. The first-order valence-corrected chi connectivity index (χ1v) is 16.0. The minimum atomic E-state index is -3.99. The van der Waals surface area contributed by atoms with Crippen LogP contribution < -0.4 is 0 Å². The molecule has 1 amide bonds. The van der Waals surface area contributed by atoms with Crippen LogP contribution in [0.25, 0.3) is 22.3 Å². The fourth-order valence-electron chi connectivity index (χ4n) is 6.36. The van der Waals surface area contributed by atoms with Crippen molar-refractivity contribution < 1.29 is 22.5 Å². The summed E-state index contributed by atoms with van der Waals surface area (Å²) in [7, 11) is -2.38. The number of fused-ring (bicyclic) bond motifs is 1. The predicted octanol–water partition coefficient (Wildman–Crippen LogP) is 5.81. The van der Waals surface area contributed by atoms with Crippen molar-refractivity contribution in [2.45, 2.75) is 82.9 Å². The Hall–Kier alpha value is -3.70. The van der Waals surface area contributed by atoms with E-state index in [1.807, 2.05) is 29.2 Å². The summed E-state index contributed by atoms with van der Waals surface area (Å²) in [5.74, 6) is 2.00. The standard InChI is InChI=1S/C31H37N5O5S/c1-5-6-11-27-32-31(15-14-20(2)17-31)30(37)35(27)18-22-12-13-24(23(16-22)19-40-4)25-9-7-8-10-26(25)42(38,39)36-29-28(33-36)21(3)41-34-29/h7-10,12-13,16,20,33H,5-6,11,14-15,17-19H2,1-4H3. The SMILES string of the molecule is CCCCC1=NC2(CCC(C)C2)C(=O)N1Cc1ccc(-c2ccccc2S(=O)(=O)n2[nH]c3c(C)onc32)c(COC)c1. The van der Waals surface area contributed by atoms with Crippen LogP contribution in [0.15, 0.2) is 56.9 Å². The number of hydrogen-bond acceptors (Lipinski definition) is 7. The van der Waals surface area contributed by atoms with Crippen molar-refractivity contribution in [3.05, 3.63) is 59.4 Å². The van der Waals surface area contributed by atoms with Crippen LogP contribution in [0, 0.1) is 12.8 Å². The van der Waals surface area contributed by atoms with Crippen LogP contribution in [-0.4, -0.2) is 52.1 Å². The number of nitrogens with one attached hydrogen (secondary N) is 1. The molecule has 0 radical (unpaired) electrons. The van der Waals surface area contributed by atoms with E-state index < -0.39 is 15.6 Å². The Morgan fingerprint density at radius 2 is 2.00 bits per heavy atom. The highest BCUT2D eigenvalue weighted by Crippen LogP contribution is 2.43. The molecule has 0 bridgehead atoms. The number of amidine groups is 1. The number of nitrogens with zero attached hydrogens (tertiary/aromatic N) is 4. The van der Waals surface area contributed by atoms with Gasteiger partial charge in [0.15, 0.2) is 5.76 Å². The molecule has 0 saturated heterocycles. The summed E-state index contributed by atoms with van der Waals surface area (Å²) >= 11 is 0. The van der Waals surface area contributed by atoms with Gasteiger partial charge in [0.2, 0.25) is 5.65 Å². The van der Waals surface area contributed by atoms with Gasteiger partial charge >= 0.3 is 0 Å². The summed E-state index contributed by atoms with van der Waals surface area (Å²) < 4.78 is 39.2. The lowest BCUT2D eigenvalue weighted by atomic mass is 9.95. The quantitative estimate of drug-likeness (QED) is 0.248. The van der Waals surface area contributed by atoms with Gasteiger partial charge in [-0.25, -0.2) is 0 Å². The highest BCUT2D eigenvalue weighted by molar-refractivity contribution is 7.90. The Morgan fingerprint density at radius 3 is 2.71 bits per heavy atom. The number of methoxy groups -OCH3 is 1. The third-order valence-corrected chi connectivity index (χ3v) is 10.2. The Balaban J connectivity index is 1.35. The molecule has 2 atom stereocenters. The zero-order chi connectivity index (χ0) is 29.6. The van der Waals surface area contributed by atoms with Gasteiger partial charge < -0.3 is 9.26 Å². The molecule has 1 saturated carbocycles. The highest BCUT2D eigenvalue weighted by Gasteiger charge is 2.51. The Bertz CT molecular complexity index is 1780. The lowest BCUT2D eigenvalue weighted by Crippen LogP contribution is -2.40. The number of ether oxygens (including phenoxy) is 1. The summed E-state index contributed by atoms with van der Waals surface area (Å²) in [5.41, 5.74) is 3.25. The molecule has 1 aliphatic heterocycles. The summed E-state index contributed by atoms with van der Waals surface area (Å²) in [6.07, 6.45) is 5.42. The molecule has 4 aromatic rings. The smallest absolute Gasteiger partial charge is 0.284 e. The van der Waals surface area contributed by atoms with Gasteiger partial charge in [-0.3, -0.25) is 19.8 Å². The topological polar surface area (TPSA) is 123 Å². The molecule has 222 valence electrons. The highest BCUT2D eigenvalue weighted by atomic mass is 32.2. The second-order valence-electron chi connectivity index (χ2n) is 11.6. The molecule has 2 aromatic carbocycles. The van der Waals surface area contributed by atoms with Crippen LogP contribution in [0.3, 0.4) is 0 Å². The number of hydrogen-bond donors (Lipinski definition) is 1. The first kappa shape index (κ1) is 28.4. The van der Waals surface area contributed by atoms with E-state index in [-0.39, 0.29) is 23.1 Å². The van der Waals surface area contributed by atoms with Crippen LogP contribution in [0.5, 0.6) is 0 Å². The molecule has 2 unspecified atom stereocenters. The molecule has 3 heterocycles. The first-order valence-electron chi connectivity index (χ1n) is 14.6. The van der Waals surface area contributed by atoms with Gasteiger partial charge in [0, 0.05) is 19.1 Å². The molecule has 2 aromatic heterocycles. The minimum Gasteiger partial charge on any atom is -0.380 e. The second-order valence-corrected chi connectivity index (χ2v) is 13.4. The first-order chi connectivity index (χ1) is 20.2. The number of amides is 1. The van der Waals surface area contributed by atoms with Crippen molar-refractivity contribution in [2.24, 2.45) is 10.9 Å². The van der Waals surface area contributed by atoms with Crippen molar-refractivity contribution in [2.75, 3.05) is 7.11 Å². The number of unbranched alkanes of at least 4 members (excludes halogenated alkanes) is 1. The number of aromatic nitrogens is 3. The summed E-state index contributed by atoms with van der Waals surface area (Å²) in [4.78, 5) is 20.9. The van der Waals surface area contributed by atoms with Crippen molar-refractivity contribution in [3.8, 4) is 11.1 Å². The van der Waals surface area contributed by atoms with E-state index >= 15 is 0 Å². The lowest BCUT2D eigenvalue weighted by molar-refractivity contribution is -0.131. The maximum absolute atomic E-state index is 13.8. The zero-order valence-corrected chi connectivity index (χ0v) is 25.3. The minimum absolute atomic E-state index is 0.108. The van der Waals surface area contributed by atoms with Crippen molar-refractivity contribution in [1.29, 1.82) is 0 Å². The summed E-state index contributed by atoms with van der Waals surface area (Å²) in [6, 6.07) is 12.8. The molecule has 1 spiro atoms. The Kier molecular flexibility index (Phi) is 7.34. The number of carbonyl (C=O) groups is 1. The molecular weight excluding hydrogens is 554 g/mol. The fraction of sp³-hybridized carbons (Fsp3) is 0.452. The summed E-state index contributed by atoms with van der Waals surface area (Å²) in [6.45, 7) is 6.76. The number of aryl methyl sites for hydroxylation is 1.